The van der Waals surface area contributed by atoms with Gasteiger partial charge in [0, 0.05) is 6.42 Å². The number of nitriles is 2. The number of benzene rings is 1. The van der Waals surface area contributed by atoms with Crippen molar-refractivity contribution in [1.29, 1.82) is 10.5 Å². The second kappa shape index (κ2) is 6.06. The van der Waals surface area contributed by atoms with E-state index in [9.17, 15) is 0 Å². The Labute approximate surface area is 104 Å². The van der Waals surface area contributed by atoms with Crippen LogP contribution in [-0.4, -0.2) is 0 Å². The fraction of sp³-hybridized carbons (Fsp3) is 0.467. The van der Waals surface area contributed by atoms with E-state index in [2.05, 4.69) is 45.0 Å². The molecule has 0 bridgehead atoms. The van der Waals surface area contributed by atoms with Gasteiger partial charge in [0.15, 0.2) is 0 Å². The molecule has 0 amide bonds. The molecule has 0 unspecified atom stereocenters. The number of aryl methyl sites for hydroxylation is 3. The van der Waals surface area contributed by atoms with Gasteiger partial charge in [-0.2, -0.15) is 10.5 Å². The van der Waals surface area contributed by atoms with Gasteiger partial charge < -0.3 is 0 Å². The molecule has 0 spiro atoms. The molecule has 1 aromatic rings. The smallest absolute Gasteiger partial charge is 0.137 e. The minimum Gasteiger partial charge on any atom is -0.197 e. The van der Waals surface area contributed by atoms with Crippen molar-refractivity contribution in [2.24, 2.45) is 5.92 Å². The first-order valence-corrected chi connectivity index (χ1v) is 6.06. The largest absolute Gasteiger partial charge is 0.197 e. The zero-order chi connectivity index (χ0) is 12.8. The summed E-state index contributed by atoms with van der Waals surface area (Å²) in [6.45, 7) is 6.32. The Kier molecular flexibility index (Phi) is 4.73. The predicted molar refractivity (Wildman–Crippen MR) is 68.4 cm³/mol. The van der Waals surface area contributed by atoms with Crippen molar-refractivity contribution in [3.05, 3.63) is 34.4 Å². The van der Waals surface area contributed by atoms with Crippen molar-refractivity contribution in [1.82, 2.24) is 0 Å². The first kappa shape index (κ1) is 13.3. The van der Waals surface area contributed by atoms with Crippen molar-refractivity contribution in [3.8, 4) is 12.1 Å². The van der Waals surface area contributed by atoms with Crippen LogP contribution in [0, 0.1) is 35.5 Å². The van der Waals surface area contributed by atoms with Crippen molar-refractivity contribution in [3.63, 3.8) is 0 Å². The lowest BCUT2D eigenvalue weighted by Crippen LogP contribution is -2.06. The van der Waals surface area contributed by atoms with Crippen molar-refractivity contribution >= 4 is 0 Å². The average Bonchev–Trinajstić information content (AvgIpc) is 2.36. The zero-order valence-electron chi connectivity index (χ0n) is 10.7. The van der Waals surface area contributed by atoms with E-state index in [1.165, 1.54) is 22.3 Å². The molecule has 17 heavy (non-hydrogen) atoms. The van der Waals surface area contributed by atoms with Crippen LogP contribution in [0.4, 0.5) is 0 Å². The van der Waals surface area contributed by atoms with E-state index in [1.54, 1.807) is 0 Å². The maximum Gasteiger partial charge on any atom is 0.137 e. The Morgan fingerprint density at radius 3 is 1.88 bits per heavy atom. The van der Waals surface area contributed by atoms with E-state index in [-0.39, 0.29) is 0 Å². The fourth-order valence-corrected chi connectivity index (χ4v) is 2.19. The molecule has 0 aliphatic rings. The third kappa shape index (κ3) is 3.08. The van der Waals surface area contributed by atoms with E-state index in [1.807, 2.05) is 0 Å². The van der Waals surface area contributed by atoms with Crippen LogP contribution in [0.15, 0.2) is 12.1 Å². The highest BCUT2D eigenvalue weighted by molar-refractivity contribution is 5.40. The molecular weight excluding hydrogens is 208 g/mol. The standard InChI is InChI=1S/C15H18N2/c1-4-13-6-11(3)7-14(5-2)15(13)8-12(9-16)10-17/h6-7,12H,4-5,8H2,1-3H3. The van der Waals surface area contributed by atoms with Gasteiger partial charge in [-0.05, 0) is 36.5 Å². The third-order valence-corrected chi connectivity index (χ3v) is 3.06. The van der Waals surface area contributed by atoms with Gasteiger partial charge in [-0.15, -0.1) is 0 Å². The van der Waals surface area contributed by atoms with E-state index >= 15 is 0 Å². The topological polar surface area (TPSA) is 47.6 Å². The highest BCUT2D eigenvalue weighted by atomic mass is 14.3. The molecule has 0 aliphatic heterocycles. The predicted octanol–water partition coefficient (Wildman–Crippen LogP) is 3.33. The Morgan fingerprint density at radius 1 is 1.06 bits per heavy atom. The van der Waals surface area contributed by atoms with Crippen LogP contribution in [0.1, 0.15) is 36.1 Å². The lowest BCUT2D eigenvalue weighted by Gasteiger charge is -2.14. The molecule has 0 saturated heterocycles. The molecule has 88 valence electrons. The van der Waals surface area contributed by atoms with Crippen LogP contribution in [0.2, 0.25) is 0 Å². The monoisotopic (exact) mass is 226 g/mol. The lowest BCUT2D eigenvalue weighted by molar-refractivity contribution is 0.806. The third-order valence-electron chi connectivity index (χ3n) is 3.06. The van der Waals surface area contributed by atoms with Crippen LogP contribution < -0.4 is 0 Å². The zero-order valence-corrected chi connectivity index (χ0v) is 10.7. The molecule has 0 aromatic heterocycles. The number of rotatable bonds is 4. The molecule has 1 aromatic carbocycles. The Morgan fingerprint density at radius 2 is 1.53 bits per heavy atom. The van der Waals surface area contributed by atoms with Crippen LogP contribution in [0.25, 0.3) is 0 Å². The molecule has 0 aliphatic carbocycles. The normalized spacial score (nSPS) is 10.0. The summed E-state index contributed by atoms with van der Waals surface area (Å²) in [4.78, 5) is 0. The Balaban J connectivity index is 3.21. The van der Waals surface area contributed by atoms with Gasteiger partial charge in [-0.3, -0.25) is 0 Å². The highest BCUT2D eigenvalue weighted by Gasteiger charge is 2.13. The summed E-state index contributed by atoms with van der Waals surface area (Å²) in [6, 6.07) is 8.45. The number of nitrogens with zero attached hydrogens (tertiary/aromatic N) is 2. The first-order valence-electron chi connectivity index (χ1n) is 6.06. The molecule has 0 radical (unpaired) electrons. The van der Waals surface area contributed by atoms with E-state index in [0.717, 1.165) is 12.8 Å². The molecular formula is C15H18N2. The van der Waals surface area contributed by atoms with E-state index < -0.39 is 5.92 Å². The Hall–Kier alpha value is -1.80. The minimum absolute atomic E-state index is 0.534. The summed E-state index contributed by atoms with van der Waals surface area (Å²) >= 11 is 0. The summed E-state index contributed by atoms with van der Waals surface area (Å²) < 4.78 is 0. The molecule has 0 heterocycles. The lowest BCUT2D eigenvalue weighted by atomic mass is 9.89. The summed E-state index contributed by atoms with van der Waals surface area (Å²) in [7, 11) is 0. The average molecular weight is 226 g/mol. The first-order chi connectivity index (χ1) is 8.15. The molecule has 1 rings (SSSR count). The Bertz CT molecular complexity index is 436. The summed E-state index contributed by atoms with van der Waals surface area (Å²) in [5.74, 6) is -0.534. The van der Waals surface area contributed by atoms with Gasteiger partial charge in [-0.25, -0.2) is 0 Å². The maximum absolute atomic E-state index is 8.90. The van der Waals surface area contributed by atoms with Crippen LogP contribution in [0.3, 0.4) is 0 Å². The van der Waals surface area contributed by atoms with Crippen molar-refractivity contribution in [2.75, 3.05) is 0 Å². The van der Waals surface area contributed by atoms with Crippen LogP contribution in [0.5, 0.6) is 0 Å². The van der Waals surface area contributed by atoms with Crippen LogP contribution >= 0.6 is 0 Å². The van der Waals surface area contributed by atoms with Gasteiger partial charge in [0.05, 0.1) is 12.1 Å². The van der Waals surface area contributed by atoms with Gasteiger partial charge >= 0.3 is 0 Å². The molecule has 0 atom stereocenters. The summed E-state index contributed by atoms with van der Waals surface area (Å²) in [6.07, 6.45) is 2.46. The quantitative estimate of drug-likeness (QED) is 0.790. The molecule has 2 nitrogen and oxygen atoms in total. The molecule has 2 heteroatoms. The second-order valence-corrected chi connectivity index (χ2v) is 4.28. The maximum atomic E-state index is 8.90. The molecule has 0 fully saturated rings. The minimum atomic E-state index is -0.534. The van der Waals surface area contributed by atoms with Gasteiger partial charge in [-0.1, -0.05) is 31.5 Å². The molecule has 0 N–H and O–H groups in total. The molecule has 0 saturated carbocycles. The summed E-state index contributed by atoms with van der Waals surface area (Å²) in [5.41, 5.74) is 5.01. The van der Waals surface area contributed by atoms with Gasteiger partial charge in [0.25, 0.3) is 0 Å². The SMILES string of the molecule is CCc1cc(C)cc(CC)c1CC(C#N)C#N. The van der Waals surface area contributed by atoms with Crippen LogP contribution in [-0.2, 0) is 19.3 Å². The number of hydrogen-bond acceptors (Lipinski definition) is 2. The van der Waals surface area contributed by atoms with Gasteiger partial charge in [0.1, 0.15) is 5.92 Å². The van der Waals surface area contributed by atoms with Crippen molar-refractivity contribution < 1.29 is 0 Å². The second-order valence-electron chi connectivity index (χ2n) is 4.28. The van der Waals surface area contributed by atoms with Gasteiger partial charge in [0.2, 0.25) is 0 Å². The van der Waals surface area contributed by atoms with E-state index in [4.69, 9.17) is 10.5 Å². The fourth-order valence-electron chi connectivity index (χ4n) is 2.19. The van der Waals surface area contributed by atoms with E-state index in [0.29, 0.717) is 6.42 Å². The summed E-state index contributed by atoms with van der Waals surface area (Å²) in [5, 5.41) is 17.8. The highest BCUT2D eigenvalue weighted by Crippen LogP contribution is 2.22. The number of hydrogen-bond donors (Lipinski definition) is 0. The van der Waals surface area contributed by atoms with Crippen molar-refractivity contribution in [2.45, 2.75) is 40.0 Å².